The summed E-state index contributed by atoms with van der Waals surface area (Å²) in [7, 11) is -2.84. The van der Waals surface area contributed by atoms with Crippen LogP contribution in [0.25, 0.3) is 0 Å². The first-order valence-electron chi connectivity index (χ1n) is 9.46. The maximum atomic E-state index is 13.0. The number of nitrogens with zero attached hydrogens (tertiary/aromatic N) is 3. The number of ether oxygens (including phenoxy) is 2. The molecule has 1 aromatic carbocycles. The van der Waals surface area contributed by atoms with E-state index in [9.17, 15) is 13.2 Å². The zero-order valence-electron chi connectivity index (χ0n) is 17.6. The Hall–Kier alpha value is -2.55. The summed E-state index contributed by atoms with van der Waals surface area (Å²) in [5, 5.41) is 4.42. The number of rotatable bonds is 4. The maximum absolute atomic E-state index is 13.0. The first kappa shape index (κ1) is 21.2. The Balaban J connectivity index is 1.95. The van der Waals surface area contributed by atoms with Crippen LogP contribution in [0, 0.1) is 0 Å². The number of carbonyl (C=O) groups excluding carboxylic acids is 1. The Morgan fingerprint density at radius 1 is 1.14 bits per heavy atom. The van der Waals surface area contributed by atoms with E-state index in [1.54, 1.807) is 10.7 Å². The molecule has 0 N–H and O–H groups in total. The molecule has 2 heterocycles. The van der Waals surface area contributed by atoms with E-state index in [-0.39, 0.29) is 22.0 Å². The van der Waals surface area contributed by atoms with Crippen molar-refractivity contribution in [2.24, 2.45) is 0 Å². The van der Waals surface area contributed by atoms with Crippen molar-refractivity contribution in [1.82, 2.24) is 14.1 Å². The van der Waals surface area contributed by atoms with E-state index in [4.69, 9.17) is 9.47 Å². The van der Waals surface area contributed by atoms with Gasteiger partial charge in [-0.15, -0.1) is 0 Å². The van der Waals surface area contributed by atoms with Gasteiger partial charge in [0, 0.05) is 18.8 Å². The fourth-order valence-corrected chi connectivity index (χ4v) is 4.19. The highest BCUT2D eigenvalue weighted by molar-refractivity contribution is 7.89. The van der Waals surface area contributed by atoms with Crippen molar-refractivity contribution in [1.29, 1.82) is 0 Å². The molecule has 0 aliphatic carbocycles. The van der Waals surface area contributed by atoms with Crippen molar-refractivity contribution >= 4 is 15.9 Å². The van der Waals surface area contributed by atoms with E-state index in [1.165, 1.54) is 25.2 Å². The van der Waals surface area contributed by atoms with Crippen LogP contribution in [0.2, 0.25) is 0 Å². The van der Waals surface area contributed by atoms with Crippen molar-refractivity contribution in [2.45, 2.75) is 51.0 Å². The van der Waals surface area contributed by atoms with Gasteiger partial charge in [0.15, 0.2) is 17.2 Å². The molecule has 0 fully saturated rings. The predicted octanol–water partition coefficient (Wildman–Crippen LogP) is 2.99. The van der Waals surface area contributed by atoms with Crippen molar-refractivity contribution < 1.29 is 22.7 Å². The molecule has 9 heteroatoms. The Bertz CT molecular complexity index is 1030. The van der Waals surface area contributed by atoms with E-state index >= 15 is 0 Å². The third kappa shape index (κ3) is 3.96. The van der Waals surface area contributed by atoms with E-state index in [0.717, 1.165) is 10.00 Å². The molecule has 8 nitrogen and oxygen atoms in total. The largest absolute Gasteiger partial charge is 0.486 e. The number of hydrogen-bond donors (Lipinski definition) is 0. The van der Waals surface area contributed by atoms with Gasteiger partial charge in [0.25, 0.3) is 15.9 Å². The first-order chi connectivity index (χ1) is 13.4. The average molecular weight is 422 g/mol. The summed E-state index contributed by atoms with van der Waals surface area (Å²) in [5.41, 5.74) is 0.615. The number of benzene rings is 1. The zero-order valence-corrected chi connectivity index (χ0v) is 18.4. The number of sulfonamides is 1. The summed E-state index contributed by atoms with van der Waals surface area (Å²) in [6.45, 7) is 10.7. The highest BCUT2D eigenvalue weighted by Crippen LogP contribution is 2.33. The Kier molecular flexibility index (Phi) is 5.38. The van der Waals surface area contributed by atoms with Crippen molar-refractivity contribution in [3.05, 3.63) is 35.7 Å². The molecule has 0 unspecified atom stereocenters. The van der Waals surface area contributed by atoms with Crippen LogP contribution < -0.4 is 9.47 Å². The molecule has 1 amide bonds. The summed E-state index contributed by atoms with van der Waals surface area (Å²) in [6, 6.07) is 5.97. The lowest BCUT2D eigenvalue weighted by atomic mass is 10.1. The molecule has 2 aromatic rings. The van der Waals surface area contributed by atoms with E-state index < -0.39 is 15.9 Å². The maximum Gasteiger partial charge on any atom is 0.287 e. The van der Waals surface area contributed by atoms with Gasteiger partial charge < -0.3 is 9.47 Å². The molecular weight excluding hydrogens is 394 g/mol. The standard InChI is InChI=1S/C20H27N3O5S/c1-13(2)16-12-15(21-23(16)20(3,4)5)19(24)22(6)29(25,26)14-7-8-17-18(11-14)28-10-9-27-17/h7-8,11-13H,9-10H2,1-6H3. The second-order valence-corrected chi connectivity index (χ2v) is 10.2. The Morgan fingerprint density at radius 3 is 2.31 bits per heavy atom. The molecule has 1 aromatic heterocycles. The van der Waals surface area contributed by atoms with Crippen LogP contribution in [0.3, 0.4) is 0 Å². The molecule has 158 valence electrons. The molecule has 0 spiro atoms. The molecule has 0 atom stereocenters. The summed E-state index contributed by atoms with van der Waals surface area (Å²) < 4.78 is 39.4. The molecule has 0 saturated heterocycles. The highest BCUT2D eigenvalue weighted by atomic mass is 32.2. The molecule has 0 bridgehead atoms. The molecule has 0 saturated carbocycles. The van der Waals surface area contributed by atoms with Gasteiger partial charge in [-0.25, -0.2) is 12.7 Å². The molecule has 1 aliphatic heterocycles. The minimum Gasteiger partial charge on any atom is -0.486 e. The quantitative estimate of drug-likeness (QED) is 0.754. The fraction of sp³-hybridized carbons (Fsp3) is 0.500. The summed E-state index contributed by atoms with van der Waals surface area (Å²) >= 11 is 0. The van der Waals surface area contributed by atoms with E-state index in [0.29, 0.717) is 24.7 Å². The fourth-order valence-electron chi connectivity index (χ4n) is 3.06. The van der Waals surface area contributed by atoms with Gasteiger partial charge in [0.1, 0.15) is 13.2 Å². The van der Waals surface area contributed by atoms with Crippen LogP contribution in [0.15, 0.2) is 29.2 Å². The Labute approximate surface area is 171 Å². The molecular formula is C20H27N3O5S. The van der Waals surface area contributed by atoms with Gasteiger partial charge in [-0.05, 0) is 44.9 Å². The molecule has 3 rings (SSSR count). The molecule has 1 aliphatic rings. The van der Waals surface area contributed by atoms with Crippen molar-refractivity contribution in [2.75, 3.05) is 20.3 Å². The normalized spacial score (nSPS) is 14.2. The van der Waals surface area contributed by atoms with Crippen LogP contribution in [-0.2, 0) is 15.6 Å². The van der Waals surface area contributed by atoms with Crippen LogP contribution in [0.4, 0.5) is 0 Å². The monoisotopic (exact) mass is 421 g/mol. The third-order valence-corrected chi connectivity index (χ3v) is 6.38. The van der Waals surface area contributed by atoms with Gasteiger partial charge in [-0.3, -0.25) is 9.48 Å². The number of aromatic nitrogens is 2. The lowest BCUT2D eigenvalue weighted by Crippen LogP contribution is -2.34. The minimum absolute atomic E-state index is 0.0445. The number of hydrogen-bond acceptors (Lipinski definition) is 6. The first-order valence-corrected chi connectivity index (χ1v) is 10.9. The van der Waals surface area contributed by atoms with Crippen molar-refractivity contribution in [3.63, 3.8) is 0 Å². The smallest absolute Gasteiger partial charge is 0.287 e. The van der Waals surface area contributed by atoms with Crippen LogP contribution in [0.5, 0.6) is 11.5 Å². The van der Waals surface area contributed by atoms with Gasteiger partial charge in [0.05, 0.1) is 10.4 Å². The SMILES string of the molecule is CC(C)c1cc(C(=O)N(C)S(=O)(=O)c2ccc3c(c2)OCCO3)nn1C(C)(C)C. The zero-order chi connectivity index (χ0) is 21.6. The van der Waals surface area contributed by atoms with Crippen LogP contribution in [-0.4, -0.2) is 48.7 Å². The minimum atomic E-state index is -4.08. The van der Waals surface area contributed by atoms with Crippen LogP contribution in [0.1, 0.15) is 56.7 Å². The lowest BCUT2D eigenvalue weighted by Gasteiger charge is -2.23. The lowest BCUT2D eigenvalue weighted by molar-refractivity contribution is 0.0876. The predicted molar refractivity (Wildman–Crippen MR) is 108 cm³/mol. The van der Waals surface area contributed by atoms with E-state index in [2.05, 4.69) is 5.10 Å². The third-order valence-electron chi connectivity index (χ3n) is 4.64. The van der Waals surface area contributed by atoms with E-state index in [1.807, 2.05) is 34.6 Å². The Morgan fingerprint density at radius 2 is 1.76 bits per heavy atom. The highest BCUT2D eigenvalue weighted by Gasteiger charge is 2.31. The van der Waals surface area contributed by atoms with Crippen molar-refractivity contribution in [3.8, 4) is 11.5 Å². The molecule has 29 heavy (non-hydrogen) atoms. The topological polar surface area (TPSA) is 90.7 Å². The van der Waals surface area contributed by atoms with Gasteiger partial charge in [-0.2, -0.15) is 5.10 Å². The number of carbonyl (C=O) groups is 1. The van der Waals surface area contributed by atoms with Gasteiger partial charge in [-0.1, -0.05) is 13.8 Å². The second-order valence-electron chi connectivity index (χ2n) is 8.27. The van der Waals surface area contributed by atoms with Gasteiger partial charge >= 0.3 is 0 Å². The average Bonchev–Trinajstić information content (AvgIpc) is 3.12. The number of fused-ring (bicyclic) bond motifs is 1. The van der Waals surface area contributed by atoms with Crippen LogP contribution >= 0.6 is 0 Å². The summed E-state index contributed by atoms with van der Waals surface area (Å²) in [6.07, 6.45) is 0. The second kappa shape index (κ2) is 7.37. The summed E-state index contributed by atoms with van der Waals surface area (Å²) in [5.74, 6) is 0.264. The molecule has 0 radical (unpaired) electrons. The number of amides is 1. The van der Waals surface area contributed by atoms with Gasteiger partial charge in [0.2, 0.25) is 0 Å². The summed E-state index contributed by atoms with van der Waals surface area (Å²) in [4.78, 5) is 12.9.